The maximum Gasteiger partial charge on any atom is 0.255 e. The molecule has 1 aromatic carbocycles. The number of halogens is 1. The quantitative estimate of drug-likeness (QED) is 0.757. The Labute approximate surface area is 133 Å². The molecule has 0 saturated carbocycles. The normalized spacial score (nSPS) is 11.8. The summed E-state index contributed by atoms with van der Waals surface area (Å²) in [6.45, 7) is 5.24. The Balaban J connectivity index is 2.07. The molecule has 0 spiro atoms. The van der Waals surface area contributed by atoms with Crippen molar-refractivity contribution in [1.29, 1.82) is 0 Å². The molecule has 1 unspecified atom stereocenters. The van der Waals surface area contributed by atoms with E-state index in [0.29, 0.717) is 16.9 Å². The van der Waals surface area contributed by atoms with E-state index in [1.807, 2.05) is 13.8 Å². The lowest BCUT2D eigenvalue weighted by molar-refractivity contribution is -0.115. The van der Waals surface area contributed by atoms with Gasteiger partial charge < -0.3 is 10.6 Å². The zero-order valence-corrected chi connectivity index (χ0v) is 13.3. The van der Waals surface area contributed by atoms with Crippen LogP contribution in [0.25, 0.3) is 0 Å². The molecule has 2 aromatic rings. The third-order valence-electron chi connectivity index (χ3n) is 3.14. The van der Waals surface area contributed by atoms with Gasteiger partial charge in [-0.15, -0.1) is 11.6 Å². The molecular formula is C15H17ClN4O2. The van der Waals surface area contributed by atoms with Crippen molar-refractivity contribution >= 4 is 34.8 Å². The second kappa shape index (κ2) is 6.62. The number of H-pyrrole nitrogens is 1. The van der Waals surface area contributed by atoms with Crippen LogP contribution in [-0.2, 0) is 4.79 Å². The number of aryl methyl sites for hydroxylation is 2. The number of benzene rings is 1. The van der Waals surface area contributed by atoms with E-state index < -0.39 is 5.38 Å². The van der Waals surface area contributed by atoms with Crippen molar-refractivity contribution < 1.29 is 9.59 Å². The molecule has 2 rings (SSSR count). The monoisotopic (exact) mass is 320 g/mol. The molecule has 1 heterocycles. The molecule has 7 heteroatoms. The molecule has 0 radical (unpaired) electrons. The topological polar surface area (TPSA) is 86.9 Å². The molecular weight excluding hydrogens is 304 g/mol. The lowest BCUT2D eigenvalue weighted by Crippen LogP contribution is -2.20. The van der Waals surface area contributed by atoms with Crippen molar-refractivity contribution in [2.45, 2.75) is 26.1 Å². The largest absolute Gasteiger partial charge is 0.325 e. The maximum absolute atomic E-state index is 12.2. The number of anilines is 2. The fourth-order valence-corrected chi connectivity index (χ4v) is 1.92. The van der Waals surface area contributed by atoms with Crippen molar-refractivity contribution in [3.05, 3.63) is 41.2 Å². The third-order valence-corrected chi connectivity index (χ3v) is 3.34. The van der Waals surface area contributed by atoms with Gasteiger partial charge in [-0.2, -0.15) is 5.10 Å². The number of hydrogen-bond donors (Lipinski definition) is 3. The zero-order chi connectivity index (χ0) is 16.3. The first-order valence-corrected chi connectivity index (χ1v) is 7.20. The minimum Gasteiger partial charge on any atom is -0.325 e. The molecule has 0 fully saturated rings. The average Bonchev–Trinajstić information content (AvgIpc) is 2.79. The van der Waals surface area contributed by atoms with Gasteiger partial charge in [-0.25, -0.2) is 0 Å². The van der Waals surface area contributed by atoms with E-state index in [1.165, 1.54) is 0 Å². The number of nitrogens with one attached hydrogen (secondary N) is 3. The van der Waals surface area contributed by atoms with Gasteiger partial charge in [-0.05, 0) is 45.0 Å². The fourth-order valence-electron chi connectivity index (χ4n) is 1.87. The molecule has 6 nitrogen and oxygen atoms in total. The van der Waals surface area contributed by atoms with Crippen LogP contribution in [0.5, 0.6) is 0 Å². The van der Waals surface area contributed by atoms with Gasteiger partial charge in [0.05, 0.1) is 17.1 Å². The summed E-state index contributed by atoms with van der Waals surface area (Å²) in [5.74, 6) is -0.528. The van der Waals surface area contributed by atoms with E-state index in [2.05, 4.69) is 20.8 Å². The van der Waals surface area contributed by atoms with E-state index in [0.717, 1.165) is 11.4 Å². The summed E-state index contributed by atoms with van der Waals surface area (Å²) in [7, 11) is 0. The Bertz CT molecular complexity index is 673. The van der Waals surface area contributed by atoms with Crippen LogP contribution in [-0.4, -0.2) is 27.4 Å². The van der Waals surface area contributed by atoms with Crippen molar-refractivity contribution in [2.24, 2.45) is 0 Å². The summed E-state index contributed by atoms with van der Waals surface area (Å²) in [6, 6.07) is 6.57. The number of rotatable bonds is 4. The smallest absolute Gasteiger partial charge is 0.255 e. The van der Waals surface area contributed by atoms with Crippen molar-refractivity contribution in [1.82, 2.24) is 10.2 Å². The van der Waals surface area contributed by atoms with Crippen LogP contribution in [0.2, 0.25) is 0 Å². The summed E-state index contributed by atoms with van der Waals surface area (Å²) in [6.07, 6.45) is 0. The van der Waals surface area contributed by atoms with Crippen LogP contribution in [0.3, 0.4) is 0 Å². The Morgan fingerprint density at radius 3 is 2.32 bits per heavy atom. The number of amides is 2. The predicted octanol–water partition coefficient (Wildman–Crippen LogP) is 2.84. The standard InChI is InChI=1S/C15H17ClN4O2/c1-8(16)14(21)17-12-6-4-11(5-7-12)15(22)18-13-9(2)19-20-10(13)3/h4-8H,1-3H3,(H,17,21)(H,18,22)(H,19,20). The van der Waals surface area contributed by atoms with Crippen LogP contribution in [0.15, 0.2) is 24.3 Å². The number of aromatic amines is 1. The summed E-state index contributed by atoms with van der Waals surface area (Å²) in [5.41, 5.74) is 3.27. The van der Waals surface area contributed by atoms with E-state index in [1.54, 1.807) is 31.2 Å². The second-order valence-corrected chi connectivity index (χ2v) is 5.60. The molecule has 2 amide bonds. The van der Waals surface area contributed by atoms with Gasteiger partial charge in [0.1, 0.15) is 5.38 Å². The number of aromatic nitrogens is 2. The Morgan fingerprint density at radius 1 is 1.18 bits per heavy atom. The number of carbonyl (C=O) groups excluding carboxylic acids is 2. The van der Waals surface area contributed by atoms with Crippen LogP contribution < -0.4 is 10.6 Å². The van der Waals surface area contributed by atoms with Crippen LogP contribution in [0, 0.1) is 13.8 Å². The van der Waals surface area contributed by atoms with Gasteiger partial charge in [-0.1, -0.05) is 0 Å². The summed E-state index contributed by atoms with van der Waals surface area (Å²) in [5, 5.41) is 11.7. The Kier molecular flexibility index (Phi) is 4.82. The summed E-state index contributed by atoms with van der Waals surface area (Å²) >= 11 is 5.68. The summed E-state index contributed by atoms with van der Waals surface area (Å²) < 4.78 is 0. The number of carbonyl (C=O) groups is 2. The molecule has 1 aromatic heterocycles. The lowest BCUT2D eigenvalue weighted by atomic mass is 10.2. The first kappa shape index (κ1) is 16.0. The highest BCUT2D eigenvalue weighted by Gasteiger charge is 2.13. The molecule has 0 saturated heterocycles. The minimum atomic E-state index is -0.616. The highest BCUT2D eigenvalue weighted by molar-refractivity contribution is 6.32. The van der Waals surface area contributed by atoms with Crippen LogP contribution in [0.4, 0.5) is 11.4 Å². The molecule has 1 atom stereocenters. The van der Waals surface area contributed by atoms with E-state index in [-0.39, 0.29) is 11.8 Å². The van der Waals surface area contributed by atoms with Gasteiger partial charge in [0.25, 0.3) is 5.91 Å². The first-order chi connectivity index (χ1) is 10.4. The number of nitrogens with zero attached hydrogens (tertiary/aromatic N) is 1. The molecule has 0 aliphatic rings. The third kappa shape index (κ3) is 3.65. The first-order valence-electron chi connectivity index (χ1n) is 6.76. The maximum atomic E-state index is 12.2. The number of alkyl halides is 1. The molecule has 116 valence electrons. The van der Waals surface area contributed by atoms with Crippen LogP contribution >= 0.6 is 11.6 Å². The van der Waals surface area contributed by atoms with Gasteiger partial charge in [-0.3, -0.25) is 14.7 Å². The van der Waals surface area contributed by atoms with Crippen molar-refractivity contribution in [3.63, 3.8) is 0 Å². The second-order valence-electron chi connectivity index (χ2n) is 4.95. The number of hydrogen-bond acceptors (Lipinski definition) is 3. The Hall–Kier alpha value is -2.34. The molecule has 0 bridgehead atoms. The van der Waals surface area contributed by atoms with Gasteiger partial charge in [0, 0.05) is 11.3 Å². The highest BCUT2D eigenvalue weighted by Crippen LogP contribution is 2.18. The van der Waals surface area contributed by atoms with Crippen LogP contribution in [0.1, 0.15) is 28.7 Å². The minimum absolute atomic E-state index is 0.240. The van der Waals surface area contributed by atoms with Crippen molar-refractivity contribution in [2.75, 3.05) is 10.6 Å². The lowest BCUT2D eigenvalue weighted by Gasteiger charge is -2.08. The Morgan fingerprint density at radius 2 is 1.82 bits per heavy atom. The van der Waals surface area contributed by atoms with Gasteiger partial charge in [0.15, 0.2) is 0 Å². The molecule has 0 aliphatic heterocycles. The summed E-state index contributed by atoms with van der Waals surface area (Å²) in [4.78, 5) is 23.7. The average molecular weight is 321 g/mol. The van der Waals surface area contributed by atoms with E-state index in [4.69, 9.17) is 11.6 Å². The van der Waals surface area contributed by atoms with E-state index in [9.17, 15) is 9.59 Å². The molecule has 0 aliphatic carbocycles. The molecule has 3 N–H and O–H groups in total. The van der Waals surface area contributed by atoms with Crippen molar-refractivity contribution in [3.8, 4) is 0 Å². The predicted molar refractivity (Wildman–Crippen MR) is 86.4 cm³/mol. The van der Waals surface area contributed by atoms with Gasteiger partial charge in [0.2, 0.25) is 5.91 Å². The SMILES string of the molecule is Cc1n[nH]c(C)c1NC(=O)c1ccc(NC(=O)C(C)Cl)cc1. The van der Waals surface area contributed by atoms with E-state index >= 15 is 0 Å². The fraction of sp³-hybridized carbons (Fsp3) is 0.267. The molecule has 22 heavy (non-hydrogen) atoms. The van der Waals surface area contributed by atoms with Gasteiger partial charge >= 0.3 is 0 Å². The zero-order valence-electron chi connectivity index (χ0n) is 12.5. The highest BCUT2D eigenvalue weighted by atomic mass is 35.5.